The second-order valence-electron chi connectivity index (χ2n) is 5.27. The monoisotopic (exact) mass is 345 g/mol. The van der Waals surface area contributed by atoms with E-state index in [9.17, 15) is 8.42 Å². The zero-order chi connectivity index (χ0) is 17.3. The Hall–Kier alpha value is -2.85. The molecular formula is C14H15N7O2S. The van der Waals surface area contributed by atoms with Crippen LogP contribution >= 0.6 is 0 Å². The van der Waals surface area contributed by atoms with Gasteiger partial charge >= 0.3 is 0 Å². The molecule has 2 heterocycles. The molecule has 9 nitrogen and oxygen atoms in total. The van der Waals surface area contributed by atoms with Gasteiger partial charge in [-0.1, -0.05) is 12.1 Å². The molecule has 0 atom stereocenters. The molecule has 3 N–H and O–H groups in total. The maximum atomic E-state index is 11.9. The van der Waals surface area contributed by atoms with Gasteiger partial charge in [0.1, 0.15) is 5.82 Å². The number of H-pyrrole nitrogens is 1. The molecule has 0 saturated carbocycles. The number of tetrazole rings is 1. The van der Waals surface area contributed by atoms with Gasteiger partial charge in [0.2, 0.25) is 10.0 Å². The van der Waals surface area contributed by atoms with Crippen LogP contribution in [0.15, 0.2) is 41.4 Å². The van der Waals surface area contributed by atoms with E-state index in [0.717, 1.165) is 11.4 Å². The largest absolute Gasteiger partial charge is 0.363 e. The van der Waals surface area contributed by atoms with Crippen LogP contribution in [0.1, 0.15) is 0 Å². The zero-order valence-electron chi connectivity index (χ0n) is 13.0. The summed E-state index contributed by atoms with van der Waals surface area (Å²) < 4.78 is 23.9. The predicted molar refractivity (Wildman–Crippen MR) is 88.5 cm³/mol. The van der Waals surface area contributed by atoms with Crippen LogP contribution in [0.2, 0.25) is 0 Å². The quantitative estimate of drug-likeness (QED) is 0.709. The maximum absolute atomic E-state index is 11.9. The van der Waals surface area contributed by atoms with Crippen molar-refractivity contribution < 1.29 is 8.42 Å². The van der Waals surface area contributed by atoms with E-state index in [1.54, 1.807) is 18.3 Å². The summed E-state index contributed by atoms with van der Waals surface area (Å²) in [4.78, 5) is 6.16. The van der Waals surface area contributed by atoms with E-state index in [-0.39, 0.29) is 10.7 Å². The third kappa shape index (κ3) is 2.96. The van der Waals surface area contributed by atoms with Crippen LogP contribution in [-0.4, -0.2) is 48.1 Å². The molecule has 3 aromatic rings. The highest BCUT2D eigenvalue weighted by Crippen LogP contribution is 2.34. The molecule has 0 aliphatic heterocycles. The highest BCUT2D eigenvalue weighted by Gasteiger charge is 2.22. The molecule has 0 aliphatic rings. The molecule has 0 aliphatic carbocycles. The second-order valence-corrected chi connectivity index (χ2v) is 6.80. The Labute approximate surface area is 138 Å². The smallest absolute Gasteiger partial charge is 0.238 e. The van der Waals surface area contributed by atoms with Crippen LogP contribution in [0.5, 0.6) is 0 Å². The van der Waals surface area contributed by atoms with E-state index in [4.69, 9.17) is 5.14 Å². The number of nitrogens with one attached hydrogen (secondary N) is 1. The van der Waals surface area contributed by atoms with Crippen molar-refractivity contribution in [3.8, 4) is 22.5 Å². The number of anilines is 1. The van der Waals surface area contributed by atoms with Crippen LogP contribution in [0.4, 0.5) is 5.82 Å². The van der Waals surface area contributed by atoms with Gasteiger partial charge in [-0.15, -0.1) is 5.10 Å². The lowest BCUT2D eigenvalue weighted by Gasteiger charge is -2.14. The summed E-state index contributed by atoms with van der Waals surface area (Å²) in [6.45, 7) is 0. The number of benzene rings is 1. The Bertz CT molecular complexity index is 951. The SMILES string of the molecule is CN(C)c1ccc(-c2cccc(S(N)(=O)=O)c2-c2nnn[nH]2)cn1. The van der Waals surface area contributed by atoms with Crippen molar-refractivity contribution in [3.05, 3.63) is 36.5 Å². The van der Waals surface area contributed by atoms with E-state index in [0.29, 0.717) is 11.1 Å². The lowest BCUT2D eigenvalue weighted by Crippen LogP contribution is -2.14. The predicted octanol–water partition coefficient (Wildman–Crippen LogP) is 0.642. The number of aromatic amines is 1. The van der Waals surface area contributed by atoms with E-state index in [1.165, 1.54) is 6.07 Å². The Morgan fingerprint density at radius 2 is 1.96 bits per heavy atom. The first-order chi connectivity index (χ1) is 11.4. The number of nitrogens with zero attached hydrogens (tertiary/aromatic N) is 5. The van der Waals surface area contributed by atoms with Crippen LogP contribution < -0.4 is 10.0 Å². The average Bonchev–Trinajstić information content (AvgIpc) is 3.07. The maximum Gasteiger partial charge on any atom is 0.238 e. The topological polar surface area (TPSA) is 131 Å². The molecule has 2 aromatic heterocycles. The van der Waals surface area contributed by atoms with E-state index in [1.807, 2.05) is 31.1 Å². The third-order valence-corrected chi connectivity index (χ3v) is 4.39. The number of aromatic nitrogens is 5. The minimum atomic E-state index is -3.96. The van der Waals surface area contributed by atoms with Crippen LogP contribution in [0.3, 0.4) is 0 Å². The summed E-state index contributed by atoms with van der Waals surface area (Å²) >= 11 is 0. The average molecular weight is 345 g/mol. The molecule has 3 rings (SSSR count). The van der Waals surface area contributed by atoms with Crippen molar-refractivity contribution in [1.29, 1.82) is 0 Å². The second kappa shape index (κ2) is 5.98. The molecular weight excluding hydrogens is 330 g/mol. The number of nitrogens with two attached hydrogens (primary N) is 1. The van der Waals surface area contributed by atoms with Gasteiger partial charge in [0.05, 0.1) is 4.90 Å². The Balaban J connectivity index is 2.25. The van der Waals surface area contributed by atoms with Crippen molar-refractivity contribution in [2.45, 2.75) is 4.90 Å². The first kappa shape index (κ1) is 16.0. The van der Waals surface area contributed by atoms with Gasteiger partial charge in [-0.05, 0) is 34.2 Å². The molecule has 124 valence electrons. The lowest BCUT2D eigenvalue weighted by atomic mass is 10.0. The Morgan fingerprint density at radius 3 is 2.50 bits per heavy atom. The molecule has 0 fully saturated rings. The molecule has 0 radical (unpaired) electrons. The van der Waals surface area contributed by atoms with Gasteiger partial charge in [0.25, 0.3) is 0 Å². The molecule has 0 amide bonds. The third-order valence-electron chi connectivity index (χ3n) is 3.43. The van der Waals surface area contributed by atoms with Gasteiger partial charge in [-0.3, -0.25) is 0 Å². The number of primary sulfonamides is 1. The van der Waals surface area contributed by atoms with Crippen molar-refractivity contribution in [2.75, 3.05) is 19.0 Å². The van der Waals surface area contributed by atoms with Crippen LogP contribution in [0, 0.1) is 0 Å². The summed E-state index contributed by atoms with van der Waals surface area (Å²) in [6.07, 6.45) is 1.66. The molecule has 0 spiro atoms. The molecule has 0 bridgehead atoms. The normalized spacial score (nSPS) is 11.5. The summed E-state index contributed by atoms with van der Waals surface area (Å²) in [5.74, 6) is 0.996. The summed E-state index contributed by atoms with van der Waals surface area (Å²) in [5, 5.41) is 18.8. The molecule has 24 heavy (non-hydrogen) atoms. The van der Waals surface area contributed by atoms with Gasteiger partial charge in [0.15, 0.2) is 5.82 Å². The number of sulfonamides is 1. The van der Waals surface area contributed by atoms with Crippen LogP contribution in [0.25, 0.3) is 22.5 Å². The molecule has 1 aromatic carbocycles. The Morgan fingerprint density at radius 1 is 1.17 bits per heavy atom. The highest BCUT2D eigenvalue weighted by atomic mass is 32.2. The van der Waals surface area contributed by atoms with Gasteiger partial charge < -0.3 is 4.90 Å². The standard InChI is InChI=1S/C14H15N7O2S/c1-21(2)12-7-6-9(8-16-12)10-4-3-5-11(24(15,22)23)13(10)14-17-19-20-18-14/h3-8H,1-2H3,(H2,15,22,23)(H,17,18,19,20). The summed E-state index contributed by atoms with van der Waals surface area (Å²) in [7, 11) is -0.187. The highest BCUT2D eigenvalue weighted by molar-refractivity contribution is 7.89. The zero-order valence-corrected chi connectivity index (χ0v) is 13.8. The summed E-state index contributed by atoms with van der Waals surface area (Å²) in [6, 6.07) is 8.47. The van der Waals surface area contributed by atoms with Crippen molar-refractivity contribution in [2.24, 2.45) is 5.14 Å². The van der Waals surface area contributed by atoms with E-state index >= 15 is 0 Å². The number of hydrogen-bond donors (Lipinski definition) is 2. The number of pyridine rings is 1. The van der Waals surface area contributed by atoms with E-state index < -0.39 is 10.0 Å². The first-order valence-corrected chi connectivity index (χ1v) is 8.46. The number of hydrogen-bond acceptors (Lipinski definition) is 7. The fourth-order valence-corrected chi connectivity index (χ4v) is 3.09. The minimum Gasteiger partial charge on any atom is -0.363 e. The van der Waals surface area contributed by atoms with Gasteiger partial charge in [-0.2, -0.15) is 0 Å². The minimum absolute atomic E-state index is 0.0600. The fraction of sp³-hybridized carbons (Fsp3) is 0.143. The van der Waals surface area contributed by atoms with Crippen LogP contribution in [-0.2, 0) is 10.0 Å². The fourth-order valence-electron chi connectivity index (χ4n) is 2.33. The molecule has 10 heteroatoms. The number of rotatable bonds is 4. The van der Waals surface area contributed by atoms with Crippen molar-refractivity contribution in [3.63, 3.8) is 0 Å². The molecule has 0 saturated heterocycles. The van der Waals surface area contributed by atoms with Crippen molar-refractivity contribution >= 4 is 15.8 Å². The molecule has 0 unspecified atom stereocenters. The lowest BCUT2D eigenvalue weighted by molar-refractivity contribution is 0.598. The van der Waals surface area contributed by atoms with Gasteiger partial charge in [0, 0.05) is 31.4 Å². The first-order valence-electron chi connectivity index (χ1n) is 6.91. The van der Waals surface area contributed by atoms with Crippen molar-refractivity contribution in [1.82, 2.24) is 25.6 Å². The summed E-state index contributed by atoms with van der Waals surface area (Å²) in [5.41, 5.74) is 1.64. The van der Waals surface area contributed by atoms with Gasteiger partial charge in [-0.25, -0.2) is 23.6 Å². The van der Waals surface area contributed by atoms with E-state index in [2.05, 4.69) is 25.6 Å². The Kier molecular flexibility index (Phi) is 3.99.